The number of fused-ring (bicyclic) bond motifs is 1. The quantitative estimate of drug-likeness (QED) is 0.188. The number of hydrogen-bond donors (Lipinski definition) is 3. The molecule has 0 spiro atoms. The second-order valence-electron chi connectivity index (χ2n) is 9.35. The number of halogens is 4. The van der Waals surface area contributed by atoms with Crippen molar-refractivity contribution >= 4 is 26.8 Å². The monoisotopic (exact) mass is 599 g/mol. The van der Waals surface area contributed by atoms with E-state index >= 15 is 0 Å². The molecule has 42 heavy (non-hydrogen) atoms. The summed E-state index contributed by atoms with van der Waals surface area (Å²) < 4.78 is 68.5. The van der Waals surface area contributed by atoms with Gasteiger partial charge in [-0.1, -0.05) is 48.5 Å². The Bertz CT molecular complexity index is 1820. The number of sulfone groups is 1. The van der Waals surface area contributed by atoms with Gasteiger partial charge in [-0.25, -0.2) is 22.6 Å². The summed E-state index contributed by atoms with van der Waals surface area (Å²) in [5.41, 5.74) is 6.64. The largest absolute Gasteiger partial charge is 0.490 e. The molecule has 4 aromatic carbocycles. The topological polar surface area (TPSA) is 112 Å². The summed E-state index contributed by atoms with van der Waals surface area (Å²) in [6, 6.07) is 27.9. The molecule has 1 heterocycles. The molecule has 12 heteroatoms. The molecule has 0 saturated carbocycles. The van der Waals surface area contributed by atoms with Crippen LogP contribution in [0.15, 0.2) is 95.9 Å². The third-order valence-corrected chi connectivity index (χ3v) is 7.22. The van der Waals surface area contributed by atoms with E-state index in [1.165, 1.54) is 18.4 Å². The summed E-state index contributed by atoms with van der Waals surface area (Å²) in [7, 11) is -3.19. The Hall–Kier alpha value is -4.55. The van der Waals surface area contributed by atoms with Crippen LogP contribution >= 0.6 is 0 Å². The number of aliphatic carboxylic acids is 1. The zero-order valence-electron chi connectivity index (χ0n) is 22.1. The van der Waals surface area contributed by atoms with Gasteiger partial charge in [0.05, 0.1) is 15.9 Å². The van der Waals surface area contributed by atoms with Gasteiger partial charge in [-0.3, -0.25) is 0 Å². The fourth-order valence-corrected chi connectivity index (χ4v) is 4.66. The Morgan fingerprint density at radius 1 is 0.857 bits per heavy atom. The maximum absolute atomic E-state index is 13.5. The van der Waals surface area contributed by atoms with Crippen molar-refractivity contribution in [2.24, 2.45) is 0 Å². The van der Waals surface area contributed by atoms with E-state index in [0.29, 0.717) is 29.3 Å². The van der Waals surface area contributed by atoms with Gasteiger partial charge in [-0.15, -0.1) is 0 Å². The molecule has 0 aliphatic rings. The number of aromatic amines is 1. The van der Waals surface area contributed by atoms with Crippen LogP contribution in [0.4, 0.5) is 17.6 Å². The Balaban J connectivity index is 0.000000517. The van der Waals surface area contributed by atoms with Gasteiger partial charge in [0.2, 0.25) is 0 Å². The maximum atomic E-state index is 13.5. The molecule has 3 N–H and O–H groups in total. The molecule has 5 rings (SSSR count). The number of imidazole rings is 1. The zero-order valence-corrected chi connectivity index (χ0v) is 22.9. The van der Waals surface area contributed by atoms with Gasteiger partial charge in [0, 0.05) is 24.9 Å². The lowest BCUT2D eigenvalue weighted by Gasteiger charge is -2.09. The van der Waals surface area contributed by atoms with Gasteiger partial charge in [-0.05, 0) is 64.7 Å². The van der Waals surface area contributed by atoms with E-state index in [1.54, 1.807) is 18.2 Å². The van der Waals surface area contributed by atoms with Crippen LogP contribution in [0.25, 0.3) is 33.5 Å². The lowest BCUT2D eigenvalue weighted by Crippen LogP contribution is -2.21. The minimum Gasteiger partial charge on any atom is -0.475 e. The fourth-order valence-electron chi connectivity index (χ4n) is 4.03. The number of aromatic nitrogens is 2. The van der Waals surface area contributed by atoms with E-state index in [-0.39, 0.29) is 5.82 Å². The van der Waals surface area contributed by atoms with Crippen LogP contribution in [-0.4, -0.2) is 41.9 Å². The van der Waals surface area contributed by atoms with Crippen molar-refractivity contribution in [3.05, 3.63) is 108 Å². The van der Waals surface area contributed by atoms with Crippen molar-refractivity contribution in [3.63, 3.8) is 0 Å². The summed E-state index contributed by atoms with van der Waals surface area (Å²) in [5, 5.41) is 10.5. The van der Waals surface area contributed by atoms with E-state index in [0.717, 1.165) is 33.3 Å². The number of nitrogens with one attached hydrogen (secondary N) is 2. The zero-order chi connectivity index (χ0) is 30.5. The Morgan fingerprint density at radius 2 is 1.45 bits per heavy atom. The maximum Gasteiger partial charge on any atom is 0.490 e. The van der Waals surface area contributed by atoms with Gasteiger partial charge in [-0.2, -0.15) is 13.2 Å². The highest BCUT2D eigenvalue weighted by Gasteiger charge is 2.38. The molecule has 7 nitrogen and oxygen atoms in total. The molecule has 0 unspecified atom stereocenters. The summed E-state index contributed by atoms with van der Waals surface area (Å²) in [6.07, 6.45) is -3.87. The normalized spacial score (nSPS) is 11.6. The van der Waals surface area contributed by atoms with Crippen LogP contribution in [0.2, 0.25) is 0 Å². The van der Waals surface area contributed by atoms with Crippen molar-refractivity contribution in [1.82, 2.24) is 15.3 Å². The van der Waals surface area contributed by atoms with Crippen molar-refractivity contribution < 1.29 is 35.9 Å². The molecule has 5 aromatic rings. The van der Waals surface area contributed by atoms with E-state index in [1.807, 2.05) is 30.3 Å². The van der Waals surface area contributed by atoms with Crippen LogP contribution < -0.4 is 5.32 Å². The predicted octanol–water partition coefficient (Wildman–Crippen LogP) is 6.36. The smallest absolute Gasteiger partial charge is 0.475 e. The van der Waals surface area contributed by atoms with Crippen LogP contribution in [-0.2, 0) is 27.7 Å². The molecule has 0 aliphatic carbocycles. The van der Waals surface area contributed by atoms with Gasteiger partial charge in [0.1, 0.15) is 11.6 Å². The van der Waals surface area contributed by atoms with Gasteiger partial charge >= 0.3 is 12.1 Å². The van der Waals surface area contributed by atoms with Crippen molar-refractivity contribution in [3.8, 4) is 22.5 Å². The van der Waals surface area contributed by atoms with Crippen molar-refractivity contribution in [2.45, 2.75) is 24.2 Å². The third-order valence-electron chi connectivity index (χ3n) is 6.09. The van der Waals surface area contributed by atoms with Crippen LogP contribution in [0.3, 0.4) is 0 Å². The second-order valence-corrected chi connectivity index (χ2v) is 11.4. The number of H-pyrrole nitrogens is 1. The first-order valence-corrected chi connectivity index (χ1v) is 14.3. The molecular formula is C30H25F4N3O4S. The van der Waals surface area contributed by atoms with E-state index < -0.39 is 22.0 Å². The minimum absolute atomic E-state index is 0.294. The molecule has 218 valence electrons. The Morgan fingerprint density at radius 3 is 2.10 bits per heavy atom. The van der Waals surface area contributed by atoms with E-state index in [2.05, 4.69) is 45.6 Å². The summed E-state index contributed by atoms with van der Waals surface area (Å²) in [4.78, 5) is 17.0. The first kappa shape index (κ1) is 30.4. The minimum atomic E-state index is -5.08. The standard InChI is InChI=1S/C28H24FN3O2S.C2HF3O2/c1-35(33,34)25-11-8-19(9-12-25)17-30-18-20-4-2-5-21(14-20)22-6-3-7-23(15-22)28-31-26-13-10-24(29)16-27(26)32-28;3-2(4,5)1(6)7/h2-16,30H,17-18H2,1H3,(H,31,32);(H,6,7). The third kappa shape index (κ3) is 8.02. The van der Waals surface area contributed by atoms with E-state index in [9.17, 15) is 26.0 Å². The van der Waals surface area contributed by atoms with Gasteiger partial charge < -0.3 is 15.4 Å². The highest BCUT2D eigenvalue weighted by Crippen LogP contribution is 2.27. The molecular weight excluding hydrogens is 574 g/mol. The number of benzene rings is 4. The SMILES string of the molecule is CS(=O)(=O)c1ccc(CNCc2cccc(-c3cccc(-c4nc5ccc(F)cc5[nH]4)c3)c2)cc1.O=C(O)C(F)(F)F. The van der Waals surface area contributed by atoms with Crippen LogP contribution in [0.5, 0.6) is 0 Å². The van der Waals surface area contributed by atoms with Crippen molar-refractivity contribution in [1.29, 1.82) is 0 Å². The summed E-state index contributed by atoms with van der Waals surface area (Å²) in [5.74, 6) is -2.35. The number of carbonyl (C=O) groups is 1. The van der Waals surface area contributed by atoms with Gasteiger partial charge in [0.25, 0.3) is 0 Å². The predicted molar refractivity (Wildman–Crippen MR) is 151 cm³/mol. The number of rotatable bonds is 7. The number of nitrogens with zero attached hydrogens (tertiary/aromatic N) is 1. The number of hydrogen-bond acceptors (Lipinski definition) is 5. The fraction of sp³-hybridized carbons (Fsp3) is 0.133. The molecule has 0 fully saturated rings. The number of alkyl halides is 3. The molecule has 0 atom stereocenters. The first-order chi connectivity index (χ1) is 19.8. The van der Waals surface area contributed by atoms with Crippen molar-refractivity contribution in [2.75, 3.05) is 6.26 Å². The molecule has 0 bridgehead atoms. The average molecular weight is 600 g/mol. The Labute approximate surface area is 238 Å². The summed E-state index contributed by atoms with van der Waals surface area (Å²) >= 11 is 0. The van der Waals surface area contributed by atoms with Crippen LogP contribution in [0, 0.1) is 5.82 Å². The Kier molecular flexibility index (Phi) is 9.08. The summed E-state index contributed by atoms with van der Waals surface area (Å²) in [6.45, 7) is 1.31. The molecule has 0 saturated heterocycles. The molecule has 0 radical (unpaired) electrons. The lowest BCUT2D eigenvalue weighted by molar-refractivity contribution is -0.192. The number of carboxylic acids is 1. The highest BCUT2D eigenvalue weighted by molar-refractivity contribution is 7.90. The average Bonchev–Trinajstić information content (AvgIpc) is 3.36. The first-order valence-electron chi connectivity index (χ1n) is 12.4. The molecule has 0 amide bonds. The van der Waals surface area contributed by atoms with E-state index in [4.69, 9.17) is 9.90 Å². The lowest BCUT2D eigenvalue weighted by atomic mass is 10.0. The van der Waals surface area contributed by atoms with Crippen LogP contribution in [0.1, 0.15) is 11.1 Å². The number of carboxylic acid groups (broad SMARTS) is 1. The second kappa shape index (κ2) is 12.5. The van der Waals surface area contributed by atoms with Gasteiger partial charge in [0.15, 0.2) is 9.84 Å². The molecule has 1 aromatic heterocycles. The highest BCUT2D eigenvalue weighted by atomic mass is 32.2. The molecule has 0 aliphatic heterocycles.